The van der Waals surface area contributed by atoms with Crippen molar-refractivity contribution in [2.24, 2.45) is 0 Å². The molecule has 0 bridgehead atoms. The number of aromatic nitrogens is 2. The average Bonchev–Trinajstić information content (AvgIpc) is 2.59. The molecule has 0 spiro atoms. The van der Waals surface area contributed by atoms with Crippen molar-refractivity contribution in [3.8, 4) is 0 Å². The van der Waals surface area contributed by atoms with E-state index in [0.717, 1.165) is 56.2 Å². The van der Waals surface area contributed by atoms with Gasteiger partial charge in [0, 0.05) is 38.4 Å². The van der Waals surface area contributed by atoms with Gasteiger partial charge in [0.15, 0.2) is 0 Å². The average molecular weight is 331 g/mol. The number of piperazine rings is 1. The largest absolute Gasteiger partial charge is 0.353 e. The zero-order chi connectivity index (χ0) is 16.9. The Morgan fingerprint density at radius 3 is 2.58 bits per heavy atom. The molecule has 132 valence electrons. The smallest absolute Gasteiger partial charge is 0.234 e. The van der Waals surface area contributed by atoms with Crippen LogP contribution in [0.5, 0.6) is 0 Å². The van der Waals surface area contributed by atoms with E-state index in [0.29, 0.717) is 12.6 Å². The Labute approximate surface area is 144 Å². The molecule has 6 heteroatoms. The summed E-state index contributed by atoms with van der Waals surface area (Å²) >= 11 is 0. The summed E-state index contributed by atoms with van der Waals surface area (Å²) in [4.78, 5) is 25.8. The number of aryl methyl sites for hydroxylation is 2. The first-order valence-electron chi connectivity index (χ1n) is 9.19. The van der Waals surface area contributed by atoms with E-state index >= 15 is 0 Å². The molecule has 24 heavy (non-hydrogen) atoms. The lowest BCUT2D eigenvalue weighted by atomic mass is 9.95. The summed E-state index contributed by atoms with van der Waals surface area (Å²) in [6.45, 7) is 8.09. The van der Waals surface area contributed by atoms with Gasteiger partial charge < -0.3 is 10.2 Å². The van der Waals surface area contributed by atoms with E-state index in [-0.39, 0.29) is 5.91 Å². The Balaban J connectivity index is 1.46. The first kappa shape index (κ1) is 17.1. The molecular formula is C18H29N5O. The van der Waals surface area contributed by atoms with E-state index < -0.39 is 0 Å². The Bertz CT molecular complexity index is 563. The molecule has 3 rings (SSSR count). The van der Waals surface area contributed by atoms with Gasteiger partial charge in [-0.3, -0.25) is 14.7 Å². The fraction of sp³-hybridized carbons (Fsp3) is 0.722. The van der Waals surface area contributed by atoms with Crippen molar-refractivity contribution in [1.29, 1.82) is 0 Å². The summed E-state index contributed by atoms with van der Waals surface area (Å²) < 4.78 is 0. The highest BCUT2D eigenvalue weighted by molar-refractivity contribution is 5.78. The molecule has 6 nitrogen and oxygen atoms in total. The van der Waals surface area contributed by atoms with Crippen LogP contribution in [0.1, 0.15) is 43.5 Å². The Kier molecular flexibility index (Phi) is 5.66. The monoisotopic (exact) mass is 331 g/mol. The van der Waals surface area contributed by atoms with Crippen molar-refractivity contribution in [2.45, 2.75) is 52.0 Å². The number of nitrogens with one attached hydrogen (secondary N) is 1. The van der Waals surface area contributed by atoms with Crippen molar-refractivity contribution in [3.05, 3.63) is 17.6 Å². The highest BCUT2D eigenvalue weighted by Crippen LogP contribution is 2.18. The second-order valence-electron chi connectivity index (χ2n) is 7.09. The van der Waals surface area contributed by atoms with E-state index in [1.165, 1.54) is 19.3 Å². The van der Waals surface area contributed by atoms with Crippen LogP contribution < -0.4 is 10.2 Å². The van der Waals surface area contributed by atoms with Crippen LogP contribution in [0.3, 0.4) is 0 Å². The van der Waals surface area contributed by atoms with Crippen LogP contribution in [0, 0.1) is 13.8 Å². The fourth-order valence-corrected chi connectivity index (χ4v) is 3.67. The van der Waals surface area contributed by atoms with E-state index in [9.17, 15) is 4.79 Å². The molecular weight excluding hydrogens is 302 g/mol. The van der Waals surface area contributed by atoms with Crippen LogP contribution in [-0.2, 0) is 4.79 Å². The van der Waals surface area contributed by atoms with Gasteiger partial charge in [-0.15, -0.1) is 0 Å². The molecule has 0 unspecified atom stereocenters. The first-order valence-corrected chi connectivity index (χ1v) is 9.19. The topological polar surface area (TPSA) is 61.4 Å². The zero-order valence-electron chi connectivity index (χ0n) is 14.9. The Morgan fingerprint density at radius 2 is 1.88 bits per heavy atom. The lowest BCUT2D eigenvalue weighted by Crippen LogP contribution is -2.51. The van der Waals surface area contributed by atoms with Crippen LogP contribution >= 0.6 is 0 Å². The van der Waals surface area contributed by atoms with Gasteiger partial charge in [-0.25, -0.2) is 4.98 Å². The van der Waals surface area contributed by atoms with Crippen molar-refractivity contribution in [1.82, 2.24) is 20.2 Å². The van der Waals surface area contributed by atoms with Gasteiger partial charge in [0.1, 0.15) is 5.82 Å². The predicted octanol–water partition coefficient (Wildman–Crippen LogP) is 1.66. The summed E-state index contributed by atoms with van der Waals surface area (Å²) in [7, 11) is 0. The third kappa shape index (κ3) is 4.44. The molecule has 1 aromatic heterocycles. The summed E-state index contributed by atoms with van der Waals surface area (Å²) in [5.41, 5.74) is 1.92. The number of rotatable bonds is 4. The number of carbonyl (C=O) groups is 1. The van der Waals surface area contributed by atoms with Crippen molar-refractivity contribution < 1.29 is 4.79 Å². The highest BCUT2D eigenvalue weighted by Gasteiger charge is 2.22. The lowest BCUT2D eigenvalue weighted by molar-refractivity contribution is -0.123. The summed E-state index contributed by atoms with van der Waals surface area (Å²) in [5, 5.41) is 3.21. The summed E-state index contributed by atoms with van der Waals surface area (Å²) in [6.07, 6.45) is 7.91. The molecule has 0 radical (unpaired) electrons. The molecule has 2 heterocycles. The lowest BCUT2D eigenvalue weighted by Gasteiger charge is -2.35. The molecule has 0 aromatic carbocycles. The molecule has 1 amide bonds. The molecule has 1 aliphatic carbocycles. The normalized spacial score (nSPS) is 20.2. The minimum absolute atomic E-state index is 0.182. The van der Waals surface area contributed by atoms with Crippen LogP contribution in [0.25, 0.3) is 0 Å². The van der Waals surface area contributed by atoms with E-state index in [2.05, 4.69) is 25.1 Å². The molecule has 1 saturated heterocycles. The maximum atomic E-state index is 12.2. The van der Waals surface area contributed by atoms with Crippen molar-refractivity contribution in [3.63, 3.8) is 0 Å². The van der Waals surface area contributed by atoms with Crippen LogP contribution in [0.15, 0.2) is 6.20 Å². The van der Waals surface area contributed by atoms with Gasteiger partial charge in [0.2, 0.25) is 5.91 Å². The maximum absolute atomic E-state index is 12.2. The summed E-state index contributed by atoms with van der Waals surface area (Å²) in [6, 6.07) is 0.401. The van der Waals surface area contributed by atoms with Gasteiger partial charge in [-0.05, 0) is 26.7 Å². The van der Waals surface area contributed by atoms with Crippen LogP contribution in [-0.4, -0.2) is 59.5 Å². The van der Waals surface area contributed by atoms with E-state index in [1.807, 2.05) is 20.0 Å². The quantitative estimate of drug-likeness (QED) is 0.909. The minimum Gasteiger partial charge on any atom is -0.353 e. The molecule has 1 aromatic rings. The SMILES string of the molecule is Cc1cnc(C)c(N2CCN(CC(=O)NC3CCCCC3)CC2)n1. The third-order valence-electron chi connectivity index (χ3n) is 5.06. The fourth-order valence-electron chi connectivity index (χ4n) is 3.67. The zero-order valence-corrected chi connectivity index (χ0v) is 14.9. The van der Waals surface area contributed by atoms with Gasteiger partial charge in [-0.2, -0.15) is 0 Å². The number of carbonyl (C=O) groups excluding carboxylic acids is 1. The number of hydrogen-bond acceptors (Lipinski definition) is 5. The Morgan fingerprint density at radius 1 is 1.17 bits per heavy atom. The van der Waals surface area contributed by atoms with Crippen LogP contribution in [0.4, 0.5) is 5.82 Å². The molecule has 1 N–H and O–H groups in total. The molecule has 1 saturated carbocycles. The highest BCUT2D eigenvalue weighted by atomic mass is 16.2. The maximum Gasteiger partial charge on any atom is 0.234 e. The second kappa shape index (κ2) is 7.92. The third-order valence-corrected chi connectivity index (χ3v) is 5.06. The minimum atomic E-state index is 0.182. The van der Waals surface area contributed by atoms with Gasteiger partial charge in [0.25, 0.3) is 0 Å². The van der Waals surface area contributed by atoms with Crippen molar-refractivity contribution >= 4 is 11.7 Å². The molecule has 0 atom stereocenters. The summed E-state index contributed by atoms with van der Waals surface area (Å²) in [5.74, 6) is 1.17. The Hall–Kier alpha value is -1.69. The standard InChI is InChI=1S/C18H29N5O/c1-14-12-19-15(2)18(20-14)23-10-8-22(9-11-23)13-17(24)21-16-6-4-3-5-7-16/h12,16H,3-11,13H2,1-2H3,(H,21,24). The van der Waals surface area contributed by atoms with Gasteiger partial charge >= 0.3 is 0 Å². The molecule has 2 fully saturated rings. The number of nitrogens with zero attached hydrogens (tertiary/aromatic N) is 4. The van der Waals surface area contributed by atoms with Crippen LogP contribution in [0.2, 0.25) is 0 Å². The number of anilines is 1. The van der Waals surface area contributed by atoms with Gasteiger partial charge in [0.05, 0.1) is 17.9 Å². The molecule has 2 aliphatic rings. The van der Waals surface area contributed by atoms with E-state index in [1.54, 1.807) is 0 Å². The van der Waals surface area contributed by atoms with Crippen molar-refractivity contribution in [2.75, 3.05) is 37.6 Å². The molecule has 1 aliphatic heterocycles. The second-order valence-corrected chi connectivity index (χ2v) is 7.09. The first-order chi connectivity index (χ1) is 11.6. The number of amides is 1. The van der Waals surface area contributed by atoms with E-state index in [4.69, 9.17) is 0 Å². The van der Waals surface area contributed by atoms with Gasteiger partial charge in [-0.1, -0.05) is 19.3 Å². The predicted molar refractivity (Wildman–Crippen MR) is 95.2 cm³/mol. The number of hydrogen-bond donors (Lipinski definition) is 1.